The Labute approximate surface area is 92.1 Å². The van der Waals surface area contributed by atoms with Crippen molar-refractivity contribution in [3.8, 4) is 6.07 Å². The maximum Gasteiger partial charge on any atom is 0.239 e. The summed E-state index contributed by atoms with van der Waals surface area (Å²) in [6.07, 6.45) is 5.94. The summed E-state index contributed by atoms with van der Waals surface area (Å²) in [7, 11) is 0. The SMILES string of the molecule is CCN(C(=O)C(C)C#N)C1CCCCC1. The molecule has 0 aliphatic heterocycles. The minimum absolute atomic E-state index is 0.00639. The predicted octanol–water partition coefficient (Wildman–Crippen LogP) is 2.33. The molecule has 1 atom stereocenters. The number of hydrogen-bond donors (Lipinski definition) is 0. The fourth-order valence-corrected chi connectivity index (χ4v) is 2.29. The number of rotatable bonds is 3. The summed E-state index contributed by atoms with van der Waals surface area (Å²) in [6.45, 7) is 4.42. The minimum atomic E-state index is -0.494. The van der Waals surface area contributed by atoms with Crippen LogP contribution in [0.15, 0.2) is 0 Å². The number of nitrogens with zero attached hydrogens (tertiary/aromatic N) is 2. The van der Waals surface area contributed by atoms with Gasteiger partial charge in [0.25, 0.3) is 0 Å². The molecule has 1 fully saturated rings. The monoisotopic (exact) mass is 208 g/mol. The lowest BCUT2D eigenvalue weighted by molar-refractivity contribution is -0.136. The highest BCUT2D eigenvalue weighted by molar-refractivity contribution is 5.81. The lowest BCUT2D eigenvalue weighted by Crippen LogP contribution is -2.43. The molecule has 0 saturated heterocycles. The lowest BCUT2D eigenvalue weighted by Gasteiger charge is -2.34. The van der Waals surface area contributed by atoms with Gasteiger partial charge in [0.1, 0.15) is 5.92 Å². The molecule has 0 radical (unpaired) electrons. The van der Waals surface area contributed by atoms with Gasteiger partial charge >= 0.3 is 0 Å². The van der Waals surface area contributed by atoms with E-state index in [4.69, 9.17) is 5.26 Å². The van der Waals surface area contributed by atoms with E-state index in [1.54, 1.807) is 6.92 Å². The van der Waals surface area contributed by atoms with Gasteiger partial charge in [-0.1, -0.05) is 19.3 Å². The second-order valence-electron chi connectivity index (χ2n) is 4.27. The first-order valence-electron chi connectivity index (χ1n) is 5.90. The molecule has 0 heterocycles. The molecule has 3 nitrogen and oxygen atoms in total. The van der Waals surface area contributed by atoms with Crippen LogP contribution >= 0.6 is 0 Å². The first-order chi connectivity index (χ1) is 7.20. The molecule has 0 aromatic rings. The standard InChI is InChI=1S/C12H20N2O/c1-3-14(12(15)10(2)9-13)11-7-5-4-6-8-11/h10-11H,3-8H2,1-2H3. The molecule has 15 heavy (non-hydrogen) atoms. The van der Waals surface area contributed by atoms with Gasteiger partial charge in [-0.15, -0.1) is 0 Å². The van der Waals surface area contributed by atoms with Gasteiger partial charge in [-0.2, -0.15) is 5.26 Å². The van der Waals surface area contributed by atoms with Gasteiger partial charge in [0.05, 0.1) is 6.07 Å². The van der Waals surface area contributed by atoms with E-state index in [0.29, 0.717) is 6.04 Å². The quantitative estimate of drug-likeness (QED) is 0.714. The van der Waals surface area contributed by atoms with Crippen LogP contribution < -0.4 is 0 Å². The van der Waals surface area contributed by atoms with Gasteiger partial charge in [-0.25, -0.2) is 0 Å². The first kappa shape index (κ1) is 12.0. The van der Waals surface area contributed by atoms with Crippen LogP contribution in [0, 0.1) is 17.2 Å². The van der Waals surface area contributed by atoms with Gasteiger partial charge in [-0.3, -0.25) is 4.79 Å². The fraction of sp³-hybridized carbons (Fsp3) is 0.833. The molecule has 84 valence electrons. The van der Waals surface area contributed by atoms with Gasteiger partial charge in [0, 0.05) is 12.6 Å². The third kappa shape index (κ3) is 2.95. The van der Waals surface area contributed by atoms with E-state index in [0.717, 1.165) is 19.4 Å². The number of amides is 1. The van der Waals surface area contributed by atoms with Crippen LogP contribution in [0.2, 0.25) is 0 Å². The van der Waals surface area contributed by atoms with E-state index in [1.165, 1.54) is 19.3 Å². The Hall–Kier alpha value is -1.04. The Morgan fingerprint density at radius 1 is 1.47 bits per heavy atom. The zero-order chi connectivity index (χ0) is 11.3. The molecule has 1 amide bonds. The van der Waals surface area contributed by atoms with Crippen molar-refractivity contribution in [3.63, 3.8) is 0 Å². The molecule has 1 aliphatic rings. The summed E-state index contributed by atoms with van der Waals surface area (Å²) in [5, 5.41) is 8.75. The van der Waals surface area contributed by atoms with Crippen LogP contribution in [0.5, 0.6) is 0 Å². The summed E-state index contributed by atoms with van der Waals surface area (Å²) in [4.78, 5) is 13.8. The number of carbonyl (C=O) groups is 1. The van der Waals surface area contributed by atoms with Crippen LogP contribution in [0.1, 0.15) is 46.0 Å². The maximum atomic E-state index is 11.9. The molecule has 1 unspecified atom stereocenters. The lowest BCUT2D eigenvalue weighted by atomic mass is 9.93. The highest BCUT2D eigenvalue weighted by Gasteiger charge is 2.26. The third-order valence-corrected chi connectivity index (χ3v) is 3.20. The summed E-state index contributed by atoms with van der Waals surface area (Å²) < 4.78 is 0. The second-order valence-corrected chi connectivity index (χ2v) is 4.27. The average Bonchev–Trinajstić information content (AvgIpc) is 2.30. The first-order valence-corrected chi connectivity index (χ1v) is 5.90. The van der Waals surface area contributed by atoms with Gasteiger partial charge in [0.2, 0.25) is 5.91 Å². The van der Waals surface area contributed by atoms with Gasteiger partial charge in [-0.05, 0) is 26.7 Å². The average molecular weight is 208 g/mol. The zero-order valence-corrected chi connectivity index (χ0v) is 9.70. The van der Waals surface area contributed by atoms with Crippen LogP contribution in [-0.2, 0) is 4.79 Å². The molecule has 0 bridgehead atoms. The third-order valence-electron chi connectivity index (χ3n) is 3.20. The molecule has 1 saturated carbocycles. The van der Waals surface area contributed by atoms with Crippen molar-refractivity contribution < 1.29 is 4.79 Å². The van der Waals surface area contributed by atoms with E-state index in [9.17, 15) is 4.79 Å². The Kier molecular flexibility index (Phi) is 4.61. The van der Waals surface area contributed by atoms with E-state index in [1.807, 2.05) is 17.9 Å². The smallest absolute Gasteiger partial charge is 0.239 e. The zero-order valence-electron chi connectivity index (χ0n) is 9.70. The van der Waals surface area contributed by atoms with Crippen molar-refractivity contribution in [2.45, 2.75) is 52.0 Å². The minimum Gasteiger partial charge on any atom is -0.339 e. The molecular formula is C12H20N2O. The van der Waals surface area contributed by atoms with Crippen LogP contribution in [0.25, 0.3) is 0 Å². The number of hydrogen-bond acceptors (Lipinski definition) is 2. The van der Waals surface area contributed by atoms with Crippen LogP contribution in [0.4, 0.5) is 0 Å². The van der Waals surface area contributed by atoms with E-state index >= 15 is 0 Å². The molecule has 0 N–H and O–H groups in total. The topological polar surface area (TPSA) is 44.1 Å². The van der Waals surface area contributed by atoms with E-state index in [2.05, 4.69) is 0 Å². The fourth-order valence-electron chi connectivity index (χ4n) is 2.29. The van der Waals surface area contributed by atoms with Crippen molar-refractivity contribution in [2.24, 2.45) is 5.92 Å². The number of nitriles is 1. The maximum absolute atomic E-state index is 11.9. The Morgan fingerprint density at radius 2 is 2.07 bits per heavy atom. The summed E-state index contributed by atoms with van der Waals surface area (Å²) in [5.41, 5.74) is 0. The molecule has 1 aliphatic carbocycles. The molecule has 1 rings (SSSR count). The largest absolute Gasteiger partial charge is 0.339 e. The molecule has 3 heteroatoms. The van der Waals surface area contributed by atoms with Crippen molar-refractivity contribution >= 4 is 5.91 Å². The summed E-state index contributed by atoms with van der Waals surface area (Å²) in [5.74, 6) is -0.487. The summed E-state index contributed by atoms with van der Waals surface area (Å²) >= 11 is 0. The Balaban J connectivity index is 2.61. The van der Waals surface area contributed by atoms with Crippen LogP contribution in [-0.4, -0.2) is 23.4 Å². The molecule has 0 spiro atoms. The summed E-state index contributed by atoms with van der Waals surface area (Å²) in [6, 6.07) is 2.41. The van der Waals surface area contributed by atoms with Crippen LogP contribution in [0.3, 0.4) is 0 Å². The molecular weight excluding hydrogens is 188 g/mol. The van der Waals surface area contributed by atoms with Crippen molar-refractivity contribution in [1.29, 1.82) is 5.26 Å². The number of carbonyl (C=O) groups excluding carboxylic acids is 1. The van der Waals surface area contributed by atoms with Gasteiger partial charge < -0.3 is 4.90 Å². The molecule has 0 aromatic heterocycles. The predicted molar refractivity (Wildman–Crippen MR) is 59.0 cm³/mol. The second kappa shape index (κ2) is 5.75. The Bertz CT molecular complexity index is 251. The normalized spacial score (nSPS) is 19.3. The molecule has 0 aromatic carbocycles. The van der Waals surface area contributed by atoms with Gasteiger partial charge in [0.15, 0.2) is 0 Å². The van der Waals surface area contributed by atoms with Crippen molar-refractivity contribution in [3.05, 3.63) is 0 Å². The van der Waals surface area contributed by atoms with Crippen molar-refractivity contribution in [2.75, 3.05) is 6.54 Å². The van der Waals surface area contributed by atoms with Crippen molar-refractivity contribution in [1.82, 2.24) is 4.90 Å². The van der Waals surface area contributed by atoms with E-state index in [-0.39, 0.29) is 5.91 Å². The highest BCUT2D eigenvalue weighted by atomic mass is 16.2. The van der Waals surface area contributed by atoms with E-state index < -0.39 is 5.92 Å². The highest BCUT2D eigenvalue weighted by Crippen LogP contribution is 2.23. The Morgan fingerprint density at radius 3 is 2.53 bits per heavy atom.